The summed E-state index contributed by atoms with van der Waals surface area (Å²) in [5, 5.41) is 2.07. The van der Waals surface area contributed by atoms with Crippen molar-refractivity contribution in [2.45, 2.75) is 18.9 Å². The van der Waals surface area contributed by atoms with Gasteiger partial charge in [-0.2, -0.15) is 0 Å². The summed E-state index contributed by atoms with van der Waals surface area (Å²) in [4.78, 5) is 15.1. The average molecular weight is 295 g/mol. The minimum Gasteiger partial charge on any atom is -0.458 e. The SMILES string of the molecule is CN1C[C@H]2CC[C@@H](C1)C2OC(=O)c1cccc2ccccc12. The molecule has 0 aromatic heterocycles. The maximum Gasteiger partial charge on any atom is 0.339 e. The number of piperidine rings is 1. The van der Waals surface area contributed by atoms with Crippen molar-refractivity contribution in [2.24, 2.45) is 11.8 Å². The van der Waals surface area contributed by atoms with Crippen molar-refractivity contribution in [1.82, 2.24) is 4.90 Å². The second-order valence-corrected chi connectivity index (χ2v) is 6.72. The van der Waals surface area contributed by atoms with Crippen molar-refractivity contribution in [2.75, 3.05) is 20.1 Å². The summed E-state index contributed by atoms with van der Waals surface area (Å²) >= 11 is 0. The van der Waals surface area contributed by atoms with E-state index in [1.807, 2.05) is 42.5 Å². The first-order valence-electron chi connectivity index (χ1n) is 8.09. The Morgan fingerprint density at radius 2 is 1.73 bits per heavy atom. The molecule has 0 spiro atoms. The predicted molar refractivity (Wildman–Crippen MR) is 86.9 cm³/mol. The molecular formula is C19H21NO2. The molecule has 3 nitrogen and oxygen atoms in total. The van der Waals surface area contributed by atoms with Gasteiger partial charge in [0, 0.05) is 24.9 Å². The van der Waals surface area contributed by atoms with Crippen LogP contribution < -0.4 is 0 Å². The van der Waals surface area contributed by atoms with Gasteiger partial charge < -0.3 is 9.64 Å². The summed E-state index contributed by atoms with van der Waals surface area (Å²) in [6, 6.07) is 13.8. The number of hydrogen-bond acceptors (Lipinski definition) is 3. The van der Waals surface area contributed by atoms with Crippen LogP contribution in [-0.4, -0.2) is 37.1 Å². The highest BCUT2D eigenvalue weighted by molar-refractivity contribution is 6.04. The molecule has 2 bridgehead atoms. The Labute approximate surface area is 130 Å². The molecule has 22 heavy (non-hydrogen) atoms. The number of benzene rings is 2. The van der Waals surface area contributed by atoms with E-state index < -0.39 is 0 Å². The number of likely N-dealkylation sites (tertiary alicyclic amines) is 1. The van der Waals surface area contributed by atoms with Crippen LogP contribution in [0.5, 0.6) is 0 Å². The summed E-state index contributed by atoms with van der Waals surface area (Å²) < 4.78 is 5.96. The Balaban J connectivity index is 1.60. The van der Waals surface area contributed by atoms with Crippen molar-refractivity contribution >= 4 is 16.7 Å². The summed E-state index contributed by atoms with van der Waals surface area (Å²) in [6.45, 7) is 2.09. The van der Waals surface area contributed by atoms with Gasteiger partial charge in [-0.15, -0.1) is 0 Å². The molecule has 2 aromatic rings. The van der Waals surface area contributed by atoms with Crippen molar-refractivity contribution in [1.29, 1.82) is 0 Å². The Kier molecular flexibility index (Phi) is 3.38. The molecule has 4 rings (SSSR count). The quantitative estimate of drug-likeness (QED) is 0.796. The molecule has 1 unspecified atom stereocenters. The van der Waals surface area contributed by atoms with Crippen molar-refractivity contribution in [3.8, 4) is 0 Å². The van der Waals surface area contributed by atoms with Crippen LogP contribution in [0.4, 0.5) is 0 Å². The lowest BCUT2D eigenvalue weighted by atomic mass is 9.95. The molecule has 1 saturated heterocycles. The topological polar surface area (TPSA) is 29.5 Å². The monoisotopic (exact) mass is 295 g/mol. The molecule has 1 saturated carbocycles. The molecule has 3 atom stereocenters. The van der Waals surface area contributed by atoms with Gasteiger partial charge in [-0.3, -0.25) is 0 Å². The van der Waals surface area contributed by atoms with Gasteiger partial charge in [0.05, 0.1) is 5.56 Å². The zero-order chi connectivity index (χ0) is 15.1. The Bertz CT molecular complexity index is 692. The molecule has 2 aromatic carbocycles. The second kappa shape index (κ2) is 5.40. The van der Waals surface area contributed by atoms with E-state index in [-0.39, 0.29) is 12.1 Å². The molecule has 3 heteroatoms. The second-order valence-electron chi connectivity index (χ2n) is 6.72. The number of fused-ring (bicyclic) bond motifs is 3. The smallest absolute Gasteiger partial charge is 0.339 e. The fourth-order valence-electron chi connectivity index (χ4n) is 4.19. The van der Waals surface area contributed by atoms with Gasteiger partial charge in [-0.05, 0) is 36.7 Å². The van der Waals surface area contributed by atoms with Crippen molar-refractivity contribution in [3.05, 3.63) is 48.0 Å². The van der Waals surface area contributed by atoms with Gasteiger partial charge in [0.15, 0.2) is 0 Å². The normalized spacial score (nSPS) is 28.0. The highest BCUT2D eigenvalue weighted by Crippen LogP contribution is 2.39. The summed E-state index contributed by atoms with van der Waals surface area (Å²) in [5.41, 5.74) is 0.691. The maximum atomic E-state index is 12.7. The Hall–Kier alpha value is -1.87. The molecule has 0 radical (unpaired) electrons. The number of esters is 1. The molecule has 2 fully saturated rings. The van der Waals surface area contributed by atoms with Crippen molar-refractivity contribution < 1.29 is 9.53 Å². The van der Waals surface area contributed by atoms with Crippen LogP contribution >= 0.6 is 0 Å². The van der Waals surface area contributed by atoms with Crippen LogP contribution in [0.3, 0.4) is 0 Å². The Morgan fingerprint density at radius 3 is 2.50 bits per heavy atom. The number of rotatable bonds is 2. The number of hydrogen-bond donors (Lipinski definition) is 0. The third kappa shape index (κ3) is 2.30. The molecule has 0 amide bonds. The molecule has 114 valence electrons. The van der Waals surface area contributed by atoms with Crippen LogP contribution in [-0.2, 0) is 4.74 Å². The third-order valence-electron chi connectivity index (χ3n) is 5.18. The van der Waals surface area contributed by atoms with Crippen molar-refractivity contribution in [3.63, 3.8) is 0 Å². The molecule has 1 heterocycles. The highest BCUT2D eigenvalue weighted by atomic mass is 16.5. The first kappa shape index (κ1) is 13.8. The first-order chi connectivity index (χ1) is 10.7. The lowest BCUT2D eigenvalue weighted by Crippen LogP contribution is -2.44. The highest BCUT2D eigenvalue weighted by Gasteiger charge is 2.43. The van der Waals surface area contributed by atoms with Crippen LogP contribution in [0.2, 0.25) is 0 Å². The van der Waals surface area contributed by atoms with Crippen LogP contribution in [0, 0.1) is 11.8 Å². The van der Waals surface area contributed by atoms with E-state index in [4.69, 9.17) is 4.74 Å². The molecule has 0 N–H and O–H groups in total. The fourth-order valence-corrected chi connectivity index (χ4v) is 4.19. The minimum atomic E-state index is -0.164. The van der Waals surface area contributed by atoms with Gasteiger partial charge in [-0.1, -0.05) is 36.4 Å². The number of nitrogens with zero attached hydrogens (tertiary/aromatic N) is 1. The fraction of sp³-hybridized carbons (Fsp3) is 0.421. The average Bonchev–Trinajstić information content (AvgIpc) is 2.77. The number of ether oxygens (including phenoxy) is 1. The molecule has 1 aliphatic carbocycles. The van der Waals surface area contributed by atoms with E-state index in [1.165, 1.54) is 12.8 Å². The van der Waals surface area contributed by atoms with Crippen LogP contribution in [0.15, 0.2) is 42.5 Å². The van der Waals surface area contributed by atoms with Gasteiger partial charge in [-0.25, -0.2) is 4.79 Å². The van der Waals surface area contributed by atoms with E-state index in [1.54, 1.807) is 0 Å². The first-order valence-corrected chi connectivity index (χ1v) is 8.09. The van der Waals surface area contributed by atoms with E-state index in [9.17, 15) is 4.79 Å². The number of carbonyl (C=O) groups excluding carboxylic acids is 1. The maximum absolute atomic E-state index is 12.7. The standard InChI is InChI=1S/C19H21NO2/c1-20-11-14-9-10-15(12-20)18(14)22-19(21)17-8-4-6-13-5-2-3-7-16(13)17/h2-8,14-15,18H,9-12H2,1H3/t14-,15+,18?. The van der Waals surface area contributed by atoms with Crippen LogP contribution in [0.25, 0.3) is 10.8 Å². The van der Waals surface area contributed by atoms with E-state index in [0.717, 1.165) is 23.9 Å². The third-order valence-corrected chi connectivity index (χ3v) is 5.18. The Morgan fingerprint density at radius 1 is 1.05 bits per heavy atom. The lowest BCUT2D eigenvalue weighted by molar-refractivity contribution is -0.0167. The van der Waals surface area contributed by atoms with Gasteiger partial charge >= 0.3 is 5.97 Å². The van der Waals surface area contributed by atoms with E-state index in [2.05, 4.69) is 11.9 Å². The summed E-state index contributed by atoms with van der Waals surface area (Å²) in [7, 11) is 2.16. The summed E-state index contributed by atoms with van der Waals surface area (Å²) in [5.74, 6) is 0.841. The van der Waals surface area contributed by atoms with E-state index in [0.29, 0.717) is 17.4 Å². The van der Waals surface area contributed by atoms with Gasteiger partial charge in [0.2, 0.25) is 0 Å². The molecule has 2 aliphatic rings. The van der Waals surface area contributed by atoms with Gasteiger partial charge in [0.25, 0.3) is 0 Å². The zero-order valence-corrected chi connectivity index (χ0v) is 12.9. The lowest BCUT2D eigenvalue weighted by Gasteiger charge is -2.35. The largest absolute Gasteiger partial charge is 0.458 e. The van der Waals surface area contributed by atoms with E-state index >= 15 is 0 Å². The number of carbonyl (C=O) groups is 1. The zero-order valence-electron chi connectivity index (χ0n) is 12.9. The minimum absolute atomic E-state index is 0.0997. The van der Waals surface area contributed by atoms with Gasteiger partial charge in [0.1, 0.15) is 6.10 Å². The van der Waals surface area contributed by atoms with Crippen LogP contribution in [0.1, 0.15) is 23.2 Å². The summed E-state index contributed by atoms with van der Waals surface area (Å²) in [6.07, 6.45) is 2.47. The molecular weight excluding hydrogens is 274 g/mol. The molecule has 1 aliphatic heterocycles. The predicted octanol–water partition coefficient (Wildman–Crippen LogP) is 3.34.